The van der Waals surface area contributed by atoms with Crippen molar-refractivity contribution < 1.29 is 9.21 Å². The number of aryl methyl sites for hydroxylation is 2. The van der Waals surface area contributed by atoms with E-state index in [0.29, 0.717) is 6.04 Å². The Bertz CT molecular complexity index is 488. The van der Waals surface area contributed by atoms with Gasteiger partial charge in [-0.1, -0.05) is 0 Å². The first-order valence-corrected chi connectivity index (χ1v) is 7.67. The van der Waals surface area contributed by atoms with Crippen LogP contribution in [0, 0.1) is 13.8 Å². The lowest BCUT2D eigenvalue weighted by atomic mass is 10.0. The molecule has 5 nitrogen and oxygen atoms in total. The van der Waals surface area contributed by atoms with Crippen LogP contribution in [-0.2, 0) is 0 Å². The Balaban J connectivity index is 1.86. The second-order valence-corrected chi connectivity index (χ2v) is 6.20. The molecule has 1 aliphatic heterocycles. The number of likely N-dealkylation sites (tertiary alicyclic amines) is 1. The molecule has 1 aliphatic rings. The Morgan fingerprint density at radius 2 is 2.00 bits per heavy atom. The molecular weight excluding hydrogens is 266 g/mol. The molecule has 2 amide bonds. The zero-order valence-electron chi connectivity index (χ0n) is 13.8. The highest BCUT2D eigenvalue weighted by molar-refractivity contribution is 5.73. The van der Waals surface area contributed by atoms with E-state index in [0.717, 1.165) is 37.5 Å². The molecule has 0 radical (unpaired) electrons. The SMILES string of the molecule is Cc1cc(C(C)NC2CCN(C(=O)N(C)C)CC2)c(C)o1. The van der Waals surface area contributed by atoms with Gasteiger partial charge in [0.05, 0.1) is 0 Å². The van der Waals surface area contributed by atoms with Crippen molar-refractivity contribution >= 4 is 6.03 Å². The predicted molar refractivity (Wildman–Crippen MR) is 83.4 cm³/mol. The zero-order chi connectivity index (χ0) is 15.6. The minimum absolute atomic E-state index is 0.114. The number of nitrogens with one attached hydrogen (secondary N) is 1. The van der Waals surface area contributed by atoms with Gasteiger partial charge >= 0.3 is 6.03 Å². The third-order valence-electron chi connectivity index (χ3n) is 4.18. The van der Waals surface area contributed by atoms with Crippen LogP contribution in [0.5, 0.6) is 0 Å². The summed E-state index contributed by atoms with van der Waals surface area (Å²) < 4.78 is 5.60. The number of nitrogens with zero attached hydrogens (tertiary/aromatic N) is 2. The number of hydrogen-bond donors (Lipinski definition) is 1. The average molecular weight is 293 g/mol. The second-order valence-electron chi connectivity index (χ2n) is 6.20. The summed E-state index contributed by atoms with van der Waals surface area (Å²) in [5.74, 6) is 1.95. The summed E-state index contributed by atoms with van der Waals surface area (Å²) >= 11 is 0. The predicted octanol–water partition coefficient (Wildman–Crippen LogP) is 2.69. The fraction of sp³-hybridized carbons (Fsp3) is 0.688. The van der Waals surface area contributed by atoms with Crippen LogP contribution in [0.3, 0.4) is 0 Å². The van der Waals surface area contributed by atoms with E-state index in [1.54, 1.807) is 19.0 Å². The van der Waals surface area contributed by atoms with Crippen molar-refractivity contribution in [2.24, 2.45) is 0 Å². The van der Waals surface area contributed by atoms with Gasteiger partial charge in [0, 0.05) is 44.8 Å². The summed E-state index contributed by atoms with van der Waals surface area (Å²) in [5, 5.41) is 3.67. The first kappa shape index (κ1) is 15.9. The van der Waals surface area contributed by atoms with Gasteiger partial charge in [0.2, 0.25) is 0 Å². The van der Waals surface area contributed by atoms with E-state index in [4.69, 9.17) is 4.42 Å². The van der Waals surface area contributed by atoms with Gasteiger partial charge in [-0.2, -0.15) is 0 Å². The Morgan fingerprint density at radius 3 is 2.48 bits per heavy atom. The first-order valence-electron chi connectivity index (χ1n) is 7.67. The first-order chi connectivity index (χ1) is 9.88. The van der Waals surface area contributed by atoms with Crippen molar-refractivity contribution in [2.45, 2.75) is 45.7 Å². The van der Waals surface area contributed by atoms with Gasteiger partial charge in [0.15, 0.2) is 0 Å². The van der Waals surface area contributed by atoms with Crippen LogP contribution < -0.4 is 5.32 Å². The van der Waals surface area contributed by atoms with E-state index in [1.807, 2.05) is 18.7 Å². The van der Waals surface area contributed by atoms with Gasteiger partial charge < -0.3 is 19.5 Å². The maximum absolute atomic E-state index is 11.9. The molecule has 0 aromatic carbocycles. The molecule has 1 aromatic rings. The van der Waals surface area contributed by atoms with Gasteiger partial charge in [-0.15, -0.1) is 0 Å². The van der Waals surface area contributed by atoms with Crippen molar-refractivity contribution in [3.05, 3.63) is 23.2 Å². The molecule has 1 fully saturated rings. The topological polar surface area (TPSA) is 48.7 Å². The molecule has 2 heterocycles. The van der Waals surface area contributed by atoms with Crippen LogP contribution in [0.4, 0.5) is 4.79 Å². The molecular formula is C16H27N3O2. The number of furan rings is 1. The fourth-order valence-electron chi connectivity index (χ4n) is 3.04. The third-order valence-corrected chi connectivity index (χ3v) is 4.18. The normalized spacial score (nSPS) is 17.9. The van der Waals surface area contributed by atoms with Gasteiger partial charge in [-0.05, 0) is 39.7 Å². The molecule has 1 saturated heterocycles. The zero-order valence-corrected chi connectivity index (χ0v) is 13.8. The number of urea groups is 1. The molecule has 1 atom stereocenters. The van der Waals surface area contributed by atoms with E-state index in [9.17, 15) is 4.79 Å². The summed E-state index contributed by atoms with van der Waals surface area (Å²) in [5.41, 5.74) is 1.24. The van der Waals surface area contributed by atoms with E-state index in [1.165, 1.54) is 5.56 Å². The molecule has 118 valence electrons. The molecule has 0 spiro atoms. The van der Waals surface area contributed by atoms with E-state index < -0.39 is 0 Å². The monoisotopic (exact) mass is 293 g/mol. The molecule has 0 saturated carbocycles. The third kappa shape index (κ3) is 3.79. The molecule has 1 aromatic heterocycles. The number of rotatable bonds is 3. The molecule has 1 N–H and O–H groups in total. The van der Waals surface area contributed by atoms with Crippen LogP contribution in [-0.4, -0.2) is 49.1 Å². The van der Waals surface area contributed by atoms with E-state index in [-0.39, 0.29) is 12.1 Å². The summed E-state index contributed by atoms with van der Waals surface area (Å²) in [6.07, 6.45) is 2.00. The summed E-state index contributed by atoms with van der Waals surface area (Å²) in [6.45, 7) is 7.82. The average Bonchev–Trinajstić information content (AvgIpc) is 2.77. The maximum Gasteiger partial charge on any atom is 0.319 e. The highest BCUT2D eigenvalue weighted by atomic mass is 16.3. The standard InChI is InChI=1S/C16H27N3O2/c1-11-10-15(13(3)21-11)12(2)17-14-6-8-19(9-7-14)16(20)18(4)5/h10,12,14,17H,6-9H2,1-5H3. The second kappa shape index (κ2) is 6.52. The summed E-state index contributed by atoms with van der Waals surface area (Å²) in [4.78, 5) is 15.5. The van der Waals surface area contributed by atoms with Gasteiger partial charge in [-0.3, -0.25) is 0 Å². The van der Waals surface area contributed by atoms with Crippen LogP contribution in [0.25, 0.3) is 0 Å². The van der Waals surface area contributed by atoms with Crippen LogP contribution in [0.2, 0.25) is 0 Å². The number of amides is 2. The highest BCUT2D eigenvalue weighted by Gasteiger charge is 2.25. The van der Waals surface area contributed by atoms with Gasteiger partial charge in [0.1, 0.15) is 11.5 Å². The quantitative estimate of drug-likeness (QED) is 0.932. The summed E-state index contributed by atoms with van der Waals surface area (Å²) in [6, 6.07) is 2.96. The van der Waals surface area contributed by atoms with Crippen molar-refractivity contribution in [3.8, 4) is 0 Å². The molecule has 21 heavy (non-hydrogen) atoms. The van der Waals surface area contributed by atoms with Crippen LogP contribution >= 0.6 is 0 Å². The Hall–Kier alpha value is -1.49. The highest BCUT2D eigenvalue weighted by Crippen LogP contribution is 2.23. The van der Waals surface area contributed by atoms with Crippen molar-refractivity contribution in [1.82, 2.24) is 15.1 Å². The smallest absolute Gasteiger partial charge is 0.319 e. The lowest BCUT2D eigenvalue weighted by molar-refractivity contribution is 0.151. The largest absolute Gasteiger partial charge is 0.466 e. The Kier molecular flexibility index (Phi) is 4.93. The molecule has 5 heteroatoms. The minimum atomic E-state index is 0.114. The lowest BCUT2D eigenvalue weighted by Gasteiger charge is -2.35. The van der Waals surface area contributed by atoms with Gasteiger partial charge in [-0.25, -0.2) is 4.79 Å². The Labute approximate surface area is 127 Å². The van der Waals surface area contributed by atoms with E-state index >= 15 is 0 Å². The minimum Gasteiger partial charge on any atom is -0.466 e. The van der Waals surface area contributed by atoms with E-state index in [2.05, 4.69) is 18.3 Å². The maximum atomic E-state index is 11.9. The molecule has 0 bridgehead atoms. The number of carbonyl (C=O) groups is 1. The van der Waals surface area contributed by atoms with Crippen molar-refractivity contribution in [1.29, 1.82) is 0 Å². The number of piperidine rings is 1. The number of carbonyl (C=O) groups excluding carboxylic acids is 1. The lowest BCUT2D eigenvalue weighted by Crippen LogP contribution is -2.48. The van der Waals surface area contributed by atoms with Crippen LogP contribution in [0.15, 0.2) is 10.5 Å². The van der Waals surface area contributed by atoms with Gasteiger partial charge in [0.25, 0.3) is 0 Å². The Morgan fingerprint density at radius 1 is 1.38 bits per heavy atom. The molecule has 2 rings (SSSR count). The number of hydrogen-bond acceptors (Lipinski definition) is 3. The summed E-state index contributed by atoms with van der Waals surface area (Å²) in [7, 11) is 3.61. The fourth-order valence-corrected chi connectivity index (χ4v) is 3.04. The molecule has 1 unspecified atom stereocenters. The van der Waals surface area contributed by atoms with Crippen molar-refractivity contribution in [3.63, 3.8) is 0 Å². The van der Waals surface area contributed by atoms with Crippen molar-refractivity contribution in [2.75, 3.05) is 27.2 Å². The molecule has 0 aliphatic carbocycles. The van der Waals surface area contributed by atoms with Crippen LogP contribution in [0.1, 0.15) is 42.9 Å².